The van der Waals surface area contributed by atoms with Gasteiger partial charge in [0.1, 0.15) is 0 Å². The van der Waals surface area contributed by atoms with Crippen molar-refractivity contribution in [2.45, 2.75) is 0 Å². The normalized spacial score (nSPS) is 11.8. The fourth-order valence-corrected chi connectivity index (χ4v) is 0. The Kier molecular flexibility index (Phi) is 2.24. The number of hydrogen-bond acceptors (Lipinski definition) is 3. The molecule has 0 spiro atoms. The van der Waals surface area contributed by atoms with Crippen LogP contribution in [0, 0.1) is 0 Å². The topological polar surface area (TPSA) is 66.8 Å². The van der Waals surface area contributed by atoms with Crippen molar-refractivity contribution in [2.24, 2.45) is 0 Å². The summed E-state index contributed by atoms with van der Waals surface area (Å²) in [5.74, 6) is 0. The van der Waals surface area contributed by atoms with Crippen molar-refractivity contribution in [3.8, 4) is 0 Å². The first kappa shape index (κ1) is 6.59. The van der Waals surface area contributed by atoms with Crippen LogP contribution in [0.25, 0.3) is 0 Å². The summed E-state index contributed by atoms with van der Waals surface area (Å²) in [6.45, 7) is 0. The molecule has 2 N–H and O–H groups in total. The molecule has 0 aromatic carbocycles. The van der Waals surface area contributed by atoms with Gasteiger partial charge in [-0.2, -0.15) is 0 Å². The summed E-state index contributed by atoms with van der Waals surface area (Å²) < 4.78 is 28.2. The molecule has 0 amide bonds. The molecule has 0 rings (SSSR count). The minimum absolute atomic E-state index is 2.86. The molecule has 0 unspecified atom stereocenters. The maximum atomic E-state index is 9.46. The molecule has 38 valence electrons. The molecular weight excluding hydrogens is 171 g/mol. The first-order chi connectivity index (χ1) is 2.56. The van der Waals surface area contributed by atoms with Crippen LogP contribution in [-0.2, 0) is 6.91 Å². The van der Waals surface area contributed by atoms with E-state index in [1.165, 1.54) is 0 Å². The second-order valence-electron chi connectivity index (χ2n) is 0.572. The van der Waals surface area contributed by atoms with Gasteiger partial charge in [0.25, 0.3) is 0 Å². The van der Waals surface area contributed by atoms with Crippen LogP contribution >= 0.6 is 12.9 Å². The van der Waals surface area contributed by atoms with Crippen LogP contribution in [0.3, 0.4) is 0 Å². The van der Waals surface area contributed by atoms with Crippen molar-refractivity contribution >= 4 is 27.4 Å². The fourth-order valence-electron chi connectivity index (χ4n) is 0. The van der Waals surface area contributed by atoms with Crippen LogP contribution in [-0.4, -0.2) is 22.7 Å². The quantitative estimate of drug-likeness (QED) is 0.262. The fraction of sp³-hybridized carbons (Fsp3) is 0. The Morgan fingerprint density at radius 1 is 1.67 bits per heavy atom. The molecular formula is H3AsO4S. The van der Waals surface area contributed by atoms with E-state index >= 15 is 0 Å². The predicted molar refractivity (Wildman–Crippen MR) is 20.9 cm³/mol. The third-order valence-corrected chi connectivity index (χ3v) is 1.66. The van der Waals surface area contributed by atoms with E-state index in [9.17, 15) is 3.74 Å². The van der Waals surface area contributed by atoms with Gasteiger partial charge in [-0.05, 0) is 0 Å². The summed E-state index contributed by atoms with van der Waals surface area (Å²) in [6, 6.07) is 0. The Balaban J connectivity index is 3.48. The van der Waals surface area contributed by atoms with Gasteiger partial charge in [-0.1, -0.05) is 0 Å². The molecule has 6 heteroatoms. The summed E-state index contributed by atoms with van der Waals surface area (Å²) in [7, 11) is 0. The second-order valence-corrected chi connectivity index (χ2v) is 3.82. The summed E-state index contributed by atoms with van der Waals surface area (Å²) in [4.78, 5) is 0. The average molecular weight is 174 g/mol. The number of hydrogen-bond donors (Lipinski definition) is 3. The Bertz CT molecular complexity index is 71.6. The van der Waals surface area contributed by atoms with Gasteiger partial charge in [-0.15, -0.1) is 0 Å². The van der Waals surface area contributed by atoms with Crippen molar-refractivity contribution in [3.63, 3.8) is 0 Å². The van der Waals surface area contributed by atoms with Gasteiger partial charge in [-0.3, -0.25) is 0 Å². The van der Waals surface area contributed by atoms with Gasteiger partial charge in [0, 0.05) is 0 Å². The van der Waals surface area contributed by atoms with Gasteiger partial charge in [0.15, 0.2) is 0 Å². The van der Waals surface area contributed by atoms with Gasteiger partial charge in [0.05, 0.1) is 0 Å². The molecule has 0 fully saturated rings. The monoisotopic (exact) mass is 174 g/mol. The zero-order chi connectivity index (χ0) is 5.21. The van der Waals surface area contributed by atoms with Crippen molar-refractivity contribution in [2.75, 3.05) is 0 Å². The molecule has 0 aliphatic carbocycles. The first-order valence-corrected chi connectivity index (χ1v) is 4.52. The van der Waals surface area contributed by atoms with E-state index in [0.717, 1.165) is 0 Å². The van der Waals surface area contributed by atoms with E-state index in [1.54, 1.807) is 0 Å². The van der Waals surface area contributed by atoms with E-state index in [0.29, 0.717) is 0 Å². The Hall–Kier alpha value is 0.588. The molecule has 6 heavy (non-hydrogen) atoms. The molecule has 0 aromatic rings. The van der Waals surface area contributed by atoms with Gasteiger partial charge < -0.3 is 0 Å². The van der Waals surface area contributed by atoms with Gasteiger partial charge in [0.2, 0.25) is 0 Å². The third kappa shape index (κ3) is 4.59. The minimum atomic E-state index is -4.80. The Labute approximate surface area is 43.1 Å². The molecule has 0 saturated carbocycles. The van der Waals surface area contributed by atoms with Crippen LogP contribution in [0.15, 0.2) is 0 Å². The number of rotatable bonds is 1. The summed E-state index contributed by atoms with van der Waals surface area (Å²) in [6.07, 6.45) is 0. The van der Waals surface area contributed by atoms with Crippen LogP contribution < -0.4 is 0 Å². The molecule has 4 nitrogen and oxygen atoms in total. The Morgan fingerprint density at radius 2 is 1.83 bits per heavy atom. The third-order valence-electron chi connectivity index (χ3n) is 0.106. The van der Waals surface area contributed by atoms with Gasteiger partial charge in [-0.25, -0.2) is 0 Å². The van der Waals surface area contributed by atoms with Crippen LogP contribution in [0.1, 0.15) is 0 Å². The predicted octanol–water partition coefficient (Wildman–Crippen LogP) is -1.30. The van der Waals surface area contributed by atoms with Crippen LogP contribution in [0.5, 0.6) is 0 Å². The maximum absolute atomic E-state index is 9.46. The zero-order valence-electron chi connectivity index (χ0n) is 2.61. The molecule has 0 heterocycles. The molecule has 0 aliphatic heterocycles. The standard InChI is InChI=1S/AsH3O4S/c2-1(3,4)5-6/h6H,(H2,2,3,4). The van der Waals surface area contributed by atoms with Gasteiger partial charge >= 0.3 is 42.5 Å². The molecule has 0 saturated heterocycles. The molecule has 0 radical (unpaired) electrons. The molecule has 0 bridgehead atoms. The average Bonchev–Trinajstić information content (AvgIpc) is 1.35. The molecule has 0 atom stereocenters. The summed E-state index contributed by atoms with van der Waals surface area (Å²) in [5, 5.41) is 0. The summed E-state index contributed by atoms with van der Waals surface area (Å²) >= 11 is -1.93. The second kappa shape index (κ2) is 2.04. The SMILES string of the molecule is O=[As](O)(O)OS. The molecule has 0 aromatic heterocycles. The van der Waals surface area contributed by atoms with Crippen LogP contribution in [0.4, 0.5) is 0 Å². The van der Waals surface area contributed by atoms with E-state index in [-0.39, 0.29) is 0 Å². The van der Waals surface area contributed by atoms with E-state index < -0.39 is 14.5 Å². The van der Waals surface area contributed by atoms with Crippen LogP contribution in [0.2, 0.25) is 0 Å². The van der Waals surface area contributed by atoms with Crippen molar-refractivity contribution in [1.29, 1.82) is 0 Å². The Morgan fingerprint density at radius 3 is 1.83 bits per heavy atom. The summed E-state index contributed by atoms with van der Waals surface area (Å²) in [5.41, 5.74) is 0. The first-order valence-electron chi connectivity index (χ1n) is 0.948. The zero-order valence-corrected chi connectivity index (χ0v) is 5.38. The molecule has 0 aliphatic rings. The van der Waals surface area contributed by atoms with E-state index in [4.69, 9.17) is 8.19 Å². The number of thiol groups is 1. The van der Waals surface area contributed by atoms with Crippen molar-refractivity contribution in [1.82, 2.24) is 0 Å². The van der Waals surface area contributed by atoms with Crippen molar-refractivity contribution < 1.29 is 15.1 Å². The van der Waals surface area contributed by atoms with E-state index in [1.807, 2.05) is 0 Å². The van der Waals surface area contributed by atoms with E-state index in [2.05, 4.69) is 16.1 Å². The van der Waals surface area contributed by atoms with Crippen molar-refractivity contribution in [3.05, 3.63) is 0 Å².